The maximum absolute atomic E-state index is 10.1. The molecule has 0 spiro atoms. The van der Waals surface area contributed by atoms with Gasteiger partial charge in [0.25, 0.3) is 0 Å². The molecule has 0 radical (unpaired) electrons. The van der Waals surface area contributed by atoms with Crippen molar-refractivity contribution in [1.29, 1.82) is 0 Å². The quantitative estimate of drug-likeness (QED) is 0.474. The Labute approximate surface area is 62.8 Å². The molecule has 1 N–H and O–H groups in total. The summed E-state index contributed by atoms with van der Waals surface area (Å²) in [6.45, 7) is 6.58. The van der Waals surface area contributed by atoms with Gasteiger partial charge in [-0.05, 0) is 7.05 Å². The second kappa shape index (κ2) is 11.3. The van der Waals surface area contributed by atoms with Crippen molar-refractivity contribution >= 4 is 5.97 Å². The Hall–Kier alpha value is -0.570. The van der Waals surface area contributed by atoms with Gasteiger partial charge in [-0.3, -0.25) is 4.79 Å². The molecule has 0 amide bonds. The summed E-state index contributed by atoms with van der Waals surface area (Å²) in [6.07, 6.45) is 0. The minimum atomic E-state index is -0.222. The number of carbonyl (C=O) groups excluding carboxylic acids is 1. The van der Waals surface area contributed by atoms with E-state index in [1.54, 1.807) is 0 Å². The lowest BCUT2D eigenvalue weighted by molar-refractivity contribution is -0.140. The van der Waals surface area contributed by atoms with Crippen molar-refractivity contribution < 1.29 is 9.53 Å². The number of hydrogen-bond donors (Lipinski definition) is 1. The molecule has 0 atom stereocenters. The summed E-state index contributed by atoms with van der Waals surface area (Å²) < 4.78 is 4.58. The second-order valence-electron chi connectivity index (χ2n) is 1.44. The molecule has 0 saturated heterocycles. The first-order valence-electron chi connectivity index (χ1n) is 3.55. The Morgan fingerprint density at radius 3 is 2.30 bits per heavy atom. The van der Waals surface area contributed by atoms with Crippen LogP contribution < -0.4 is 5.32 Å². The van der Waals surface area contributed by atoms with Gasteiger partial charge in [-0.2, -0.15) is 0 Å². The fourth-order valence-electron chi connectivity index (χ4n) is 0.297. The second-order valence-corrected chi connectivity index (χ2v) is 1.44. The van der Waals surface area contributed by atoms with E-state index in [1.807, 2.05) is 20.9 Å². The van der Waals surface area contributed by atoms with E-state index >= 15 is 0 Å². The molecule has 0 aromatic carbocycles. The summed E-state index contributed by atoms with van der Waals surface area (Å²) in [4.78, 5) is 10.1. The molecule has 10 heavy (non-hydrogen) atoms. The first-order valence-corrected chi connectivity index (χ1v) is 3.55. The molecular weight excluding hydrogens is 130 g/mol. The van der Waals surface area contributed by atoms with Gasteiger partial charge in [-0.1, -0.05) is 13.8 Å². The lowest BCUT2D eigenvalue weighted by Gasteiger charge is -1.97. The Morgan fingerprint density at radius 2 is 2.00 bits per heavy atom. The molecule has 0 aliphatic rings. The van der Waals surface area contributed by atoms with Gasteiger partial charge in [-0.25, -0.2) is 0 Å². The van der Waals surface area contributed by atoms with Gasteiger partial charge in [0.05, 0.1) is 0 Å². The zero-order valence-electron chi connectivity index (χ0n) is 7.23. The molecule has 0 aromatic heterocycles. The van der Waals surface area contributed by atoms with Crippen molar-refractivity contribution in [1.82, 2.24) is 5.32 Å². The van der Waals surface area contributed by atoms with Crippen LogP contribution in [-0.4, -0.2) is 26.2 Å². The average molecular weight is 147 g/mol. The summed E-state index contributed by atoms with van der Waals surface area (Å²) in [5.74, 6) is -0.222. The van der Waals surface area contributed by atoms with Gasteiger partial charge in [0.1, 0.15) is 6.61 Å². The van der Waals surface area contributed by atoms with Crippen LogP contribution in [0, 0.1) is 0 Å². The SMILES string of the molecule is CC.CNCCOC(C)=O. The zero-order chi connectivity index (χ0) is 8.41. The third kappa shape index (κ3) is 15.7. The number of rotatable bonds is 3. The topological polar surface area (TPSA) is 38.3 Å². The predicted octanol–water partition coefficient (Wildman–Crippen LogP) is 0.795. The Bertz CT molecular complexity index is 74.0. The van der Waals surface area contributed by atoms with Gasteiger partial charge in [0.2, 0.25) is 0 Å². The van der Waals surface area contributed by atoms with E-state index in [9.17, 15) is 4.79 Å². The highest BCUT2D eigenvalue weighted by atomic mass is 16.5. The predicted molar refractivity (Wildman–Crippen MR) is 41.9 cm³/mol. The number of likely N-dealkylation sites (N-methyl/N-ethyl adjacent to an activating group) is 1. The van der Waals surface area contributed by atoms with Crippen molar-refractivity contribution in [2.75, 3.05) is 20.2 Å². The van der Waals surface area contributed by atoms with Crippen molar-refractivity contribution in [2.45, 2.75) is 20.8 Å². The van der Waals surface area contributed by atoms with Crippen LogP contribution >= 0.6 is 0 Å². The summed E-state index contributed by atoms with van der Waals surface area (Å²) >= 11 is 0. The highest BCUT2D eigenvalue weighted by molar-refractivity contribution is 5.65. The van der Waals surface area contributed by atoms with E-state index in [-0.39, 0.29) is 5.97 Å². The van der Waals surface area contributed by atoms with Gasteiger partial charge in [0.15, 0.2) is 0 Å². The first kappa shape index (κ1) is 12.1. The number of esters is 1. The molecule has 0 bridgehead atoms. The maximum Gasteiger partial charge on any atom is 0.302 e. The van der Waals surface area contributed by atoms with Crippen LogP contribution in [0.2, 0.25) is 0 Å². The van der Waals surface area contributed by atoms with Crippen LogP contribution in [-0.2, 0) is 9.53 Å². The Balaban J connectivity index is 0. The van der Waals surface area contributed by atoms with Crippen molar-refractivity contribution in [3.63, 3.8) is 0 Å². The fraction of sp³-hybridized carbons (Fsp3) is 0.857. The van der Waals surface area contributed by atoms with E-state index in [0.29, 0.717) is 6.61 Å². The highest BCUT2D eigenvalue weighted by Crippen LogP contribution is 1.71. The summed E-state index contributed by atoms with van der Waals surface area (Å²) in [7, 11) is 1.81. The molecule has 0 heterocycles. The van der Waals surface area contributed by atoms with E-state index in [1.165, 1.54) is 6.92 Å². The molecule has 3 nitrogen and oxygen atoms in total. The normalized spacial score (nSPS) is 7.60. The molecule has 0 rings (SSSR count). The maximum atomic E-state index is 10.1. The fourth-order valence-corrected chi connectivity index (χ4v) is 0.297. The molecule has 62 valence electrons. The smallest absolute Gasteiger partial charge is 0.302 e. The molecule has 0 unspecified atom stereocenters. The first-order chi connectivity index (χ1) is 4.77. The van der Waals surface area contributed by atoms with Crippen LogP contribution in [0.4, 0.5) is 0 Å². The minimum Gasteiger partial charge on any atom is -0.465 e. The Morgan fingerprint density at radius 1 is 1.50 bits per heavy atom. The monoisotopic (exact) mass is 147 g/mol. The lowest BCUT2D eigenvalue weighted by Crippen LogP contribution is -2.15. The van der Waals surface area contributed by atoms with Gasteiger partial charge in [0, 0.05) is 13.5 Å². The van der Waals surface area contributed by atoms with Crippen LogP contribution in [0.25, 0.3) is 0 Å². The third-order valence-corrected chi connectivity index (χ3v) is 0.657. The van der Waals surface area contributed by atoms with E-state index in [4.69, 9.17) is 0 Å². The van der Waals surface area contributed by atoms with Crippen molar-refractivity contribution in [3.8, 4) is 0 Å². The number of carbonyl (C=O) groups is 1. The van der Waals surface area contributed by atoms with Gasteiger partial charge >= 0.3 is 5.97 Å². The van der Waals surface area contributed by atoms with Crippen molar-refractivity contribution in [2.24, 2.45) is 0 Å². The van der Waals surface area contributed by atoms with Crippen LogP contribution in [0.15, 0.2) is 0 Å². The standard InChI is InChI=1S/C5H11NO2.C2H6/c1-5(7)8-4-3-6-2;1-2/h6H,3-4H2,1-2H3;1-2H3. The highest BCUT2D eigenvalue weighted by Gasteiger charge is 1.87. The zero-order valence-corrected chi connectivity index (χ0v) is 7.23. The summed E-state index contributed by atoms with van der Waals surface area (Å²) in [6, 6.07) is 0. The number of nitrogens with one attached hydrogen (secondary N) is 1. The van der Waals surface area contributed by atoms with Crippen LogP contribution in [0.5, 0.6) is 0 Å². The van der Waals surface area contributed by atoms with Crippen molar-refractivity contribution in [3.05, 3.63) is 0 Å². The summed E-state index contributed by atoms with van der Waals surface area (Å²) in [5, 5.41) is 2.85. The molecule has 0 saturated carbocycles. The third-order valence-electron chi connectivity index (χ3n) is 0.657. The molecule has 0 aromatic rings. The van der Waals surface area contributed by atoms with Crippen LogP contribution in [0.1, 0.15) is 20.8 Å². The molecule has 0 aliphatic heterocycles. The molecule has 3 heteroatoms. The molecular formula is C7H17NO2. The van der Waals surface area contributed by atoms with E-state index in [0.717, 1.165) is 6.54 Å². The molecule has 0 aliphatic carbocycles. The van der Waals surface area contributed by atoms with Gasteiger partial charge < -0.3 is 10.1 Å². The average Bonchev–Trinajstić information content (AvgIpc) is 1.92. The van der Waals surface area contributed by atoms with Crippen LogP contribution in [0.3, 0.4) is 0 Å². The minimum absolute atomic E-state index is 0.222. The van der Waals surface area contributed by atoms with Gasteiger partial charge in [-0.15, -0.1) is 0 Å². The Kier molecular flexibility index (Phi) is 13.7. The number of ether oxygens (including phenoxy) is 1. The van der Waals surface area contributed by atoms with E-state index < -0.39 is 0 Å². The molecule has 0 fully saturated rings. The number of hydrogen-bond acceptors (Lipinski definition) is 3. The summed E-state index contributed by atoms with van der Waals surface area (Å²) in [5.41, 5.74) is 0. The lowest BCUT2D eigenvalue weighted by atomic mass is 10.7. The van der Waals surface area contributed by atoms with E-state index in [2.05, 4.69) is 10.1 Å². The largest absolute Gasteiger partial charge is 0.465 e.